The lowest BCUT2D eigenvalue weighted by Gasteiger charge is -2.14. The Morgan fingerprint density at radius 1 is 1.53 bits per heavy atom. The van der Waals surface area contributed by atoms with Crippen LogP contribution in [0.4, 0.5) is 0 Å². The van der Waals surface area contributed by atoms with Crippen molar-refractivity contribution in [1.29, 1.82) is 0 Å². The average molecular weight is 215 g/mol. The minimum atomic E-state index is 0.467. The molecule has 1 saturated heterocycles. The first-order chi connectivity index (χ1) is 7.33. The van der Waals surface area contributed by atoms with Crippen LogP contribution in [0, 0.1) is 0 Å². The summed E-state index contributed by atoms with van der Waals surface area (Å²) in [6, 6.07) is 0.467. The third-order valence-corrected chi connectivity index (χ3v) is 2.79. The Hall–Kier alpha value is -0.120. The van der Waals surface area contributed by atoms with Gasteiger partial charge in [0.15, 0.2) is 0 Å². The fraction of sp³-hybridized carbons (Fsp3) is 1.00. The van der Waals surface area contributed by atoms with Crippen molar-refractivity contribution in [3.05, 3.63) is 0 Å². The van der Waals surface area contributed by atoms with Crippen LogP contribution in [0.1, 0.15) is 39.5 Å². The van der Waals surface area contributed by atoms with Gasteiger partial charge in [-0.1, -0.05) is 0 Å². The van der Waals surface area contributed by atoms with Crippen molar-refractivity contribution in [3.63, 3.8) is 0 Å². The molecule has 0 aromatic carbocycles. The van der Waals surface area contributed by atoms with E-state index in [1.54, 1.807) is 0 Å². The van der Waals surface area contributed by atoms with Gasteiger partial charge < -0.3 is 14.8 Å². The fourth-order valence-corrected chi connectivity index (χ4v) is 1.90. The molecular formula is C12H25NO2. The predicted molar refractivity (Wildman–Crippen MR) is 62.2 cm³/mol. The monoisotopic (exact) mass is 215 g/mol. The first kappa shape index (κ1) is 12.9. The molecule has 3 heteroatoms. The lowest BCUT2D eigenvalue weighted by molar-refractivity contribution is 0.101. The lowest BCUT2D eigenvalue weighted by atomic mass is 10.1. The molecule has 0 radical (unpaired) electrons. The van der Waals surface area contributed by atoms with Crippen LogP contribution >= 0.6 is 0 Å². The summed E-state index contributed by atoms with van der Waals surface area (Å²) < 4.78 is 10.9. The molecule has 15 heavy (non-hydrogen) atoms. The molecule has 0 aliphatic carbocycles. The SMILES string of the molecule is CCOCC(C)NCCCC1CCCO1. The van der Waals surface area contributed by atoms with Gasteiger partial charge in [0.2, 0.25) is 0 Å². The number of nitrogens with one attached hydrogen (secondary N) is 1. The van der Waals surface area contributed by atoms with Gasteiger partial charge in [-0.2, -0.15) is 0 Å². The average Bonchev–Trinajstić information content (AvgIpc) is 2.74. The van der Waals surface area contributed by atoms with Gasteiger partial charge >= 0.3 is 0 Å². The van der Waals surface area contributed by atoms with Crippen molar-refractivity contribution in [2.24, 2.45) is 0 Å². The Morgan fingerprint density at radius 2 is 2.40 bits per heavy atom. The second-order valence-electron chi connectivity index (χ2n) is 4.29. The van der Waals surface area contributed by atoms with Crippen LogP contribution in [0.5, 0.6) is 0 Å². The molecular weight excluding hydrogens is 190 g/mol. The zero-order valence-corrected chi connectivity index (χ0v) is 10.1. The van der Waals surface area contributed by atoms with E-state index < -0.39 is 0 Å². The van der Waals surface area contributed by atoms with E-state index in [1.165, 1.54) is 25.7 Å². The van der Waals surface area contributed by atoms with Crippen molar-refractivity contribution in [3.8, 4) is 0 Å². The molecule has 2 unspecified atom stereocenters. The van der Waals surface area contributed by atoms with E-state index in [-0.39, 0.29) is 0 Å². The summed E-state index contributed by atoms with van der Waals surface area (Å²) in [4.78, 5) is 0. The highest BCUT2D eigenvalue weighted by molar-refractivity contribution is 4.66. The number of hydrogen-bond donors (Lipinski definition) is 1. The number of ether oxygens (including phenoxy) is 2. The Kier molecular flexibility index (Phi) is 6.98. The van der Waals surface area contributed by atoms with Gasteiger partial charge in [-0.25, -0.2) is 0 Å². The minimum Gasteiger partial charge on any atom is -0.380 e. The molecule has 0 bridgehead atoms. The molecule has 2 atom stereocenters. The van der Waals surface area contributed by atoms with E-state index in [0.29, 0.717) is 12.1 Å². The second kappa shape index (κ2) is 8.08. The van der Waals surface area contributed by atoms with E-state index in [9.17, 15) is 0 Å². The molecule has 1 aliphatic heterocycles. The summed E-state index contributed by atoms with van der Waals surface area (Å²) in [7, 11) is 0. The minimum absolute atomic E-state index is 0.467. The van der Waals surface area contributed by atoms with Crippen molar-refractivity contribution < 1.29 is 9.47 Å². The Labute approximate surface area is 93.5 Å². The third kappa shape index (κ3) is 6.13. The lowest BCUT2D eigenvalue weighted by Crippen LogP contribution is -2.31. The van der Waals surface area contributed by atoms with E-state index in [1.807, 2.05) is 6.92 Å². The first-order valence-electron chi connectivity index (χ1n) is 6.25. The molecule has 0 aromatic rings. The van der Waals surface area contributed by atoms with E-state index >= 15 is 0 Å². The normalized spacial score (nSPS) is 23.2. The van der Waals surface area contributed by atoms with Gasteiger partial charge in [0.05, 0.1) is 12.7 Å². The van der Waals surface area contributed by atoms with Crippen molar-refractivity contribution in [2.45, 2.75) is 51.7 Å². The van der Waals surface area contributed by atoms with Gasteiger partial charge in [0, 0.05) is 19.3 Å². The fourth-order valence-electron chi connectivity index (χ4n) is 1.90. The van der Waals surface area contributed by atoms with Gasteiger partial charge in [0.1, 0.15) is 0 Å². The smallest absolute Gasteiger partial charge is 0.0616 e. The first-order valence-corrected chi connectivity index (χ1v) is 6.25. The number of rotatable bonds is 8. The van der Waals surface area contributed by atoms with Crippen molar-refractivity contribution >= 4 is 0 Å². The van der Waals surface area contributed by atoms with Crippen LogP contribution in [0.3, 0.4) is 0 Å². The summed E-state index contributed by atoms with van der Waals surface area (Å²) in [5, 5.41) is 3.46. The van der Waals surface area contributed by atoms with Gasteiger partial charge in [0.25, 0.3) is 0 Å². The van der Waals surface area contributed by atoms with Gasteiger partial charge in [-0.15, -0.1) is 0 Å². The Balaban J connectivity index is 1.87. The van der Waals surface area contributed by atoms with Crippen LogP contribution in [-0.4, -0.2) is 38.5 Å². The molecule has 1 aliphatic rings. The summed E-state index contributed by atoms with van der Waals surface area (Å²) >= 11 is 0. The quantitative estimate of drug-likeness (QED) is 0.628. The highest BCUT2D eigenvalue weighted by Gasteiger charge is 2.14. The third-order valence-electron chi connectivity index (χ3n) is 2.79. The maximum Gasteiger partial charge on any atom is 0.0616 e. The number of hydrogen-bond acceptors (Lipinski definition) is 3. The Morgan fingerprint density at radius 3 is 3.07 bits per heavy atom. The van der Waals surface area contributed by atoms with Crippen molar-refractivity contribution in [2.75, 3.05) is 26.4 Å². The predicted octanol–water partition coefficient (Wildman–Crippen LogP) is 1.96. The van der Waals surface area contributed by atoms with E-state index in [4.69, 9.17) is 9.47 Å². The molecule has 0 aromatic heterocycles. The maximum atomic E-state index is 5.57. The summed E-state index contributed by atoms with van der Waals surface area (Å²) in [6.07, 6.45) is 5.46. The molecule has 0 amide bonds. The molecule has 1 rings (SSSR count). The standard InChI is InChI=1S/C12H25NO2/c1-3-14-10-11(2)13-8-4-6-12-7-5-9-15-12/h11-13H,3-10H2,1-2H3. The van der Waals surface area contributed by atoms with E-state index in [2.05, 4.69) is 12.2 Å². The summed E-state index contributed by atoms with van der Waals surface area (Å²) in [5.41, 5.74) is 0. The maximum absolute atomic E-state index is 5.57. The zero-order chi connectivity index (χ0) is 10.9. The molecule has 1 N–H and O–H groups in total. The van der Waals surface area contributed by atoms with Gasteiger partial charge in [-0.3, -0.25) is 0 Å². The molecule has 0 spiro atoms. The van der Waals surface area contributed by atoms with Crippen LogP contribution in [-0.2, 0) is 9.47 Å². The molecule has 0 saturated carbocycles. The van der Waals surface area contributed by atoms with Crippen LogP contribution in [0.2, 0.25) is 0 Å². The summed E-state index contributed by atoms with van der Waals surface area (Å²) in [6.45, 7) is 7.87. The highest BCUT2D eigenvalue weighted by atomic mass is 16.5. The van der Waals surface area contributed by atoms with Crippen molar-refractivity contribution in [1.82, 2.24) is 5.32 Å². The largest absolute Gasteiger partial charge is 0.380 e. The molecule has 3 nitrogen and oxygen atoms in total. The second-order valence-corrected chi connectivity index (χ2v) is 4.29. The zero-order valence-electron chi connectivity index (χ0n) is 10.1. The molecule has 1 fully saturated rings. The van der Waals surface area contributed by atoms with Gasteiger partial charge in [-0.05, 0) is 46.1 Å². The van der Waals surface area contributed by atoms with Crippen LogP contribution in [0.15, 0.2) is 0 Å². The van der Waals surface area contributed by atoms with Crippen LogP contribution in [0.25, 0.3) is 0 Å². The molecule has 90 valence electrons. The molecule has 1 heterocycles. The van der Waals surface area contributed by atoms with E-state index in [0.717, 1.165) is 26.4 Å². The highest BCUT2D eigenvalue weighted by Crippen LogP contribution is 2.16. The summed E-state index contributed by atoms with van der Waals surface area (Å²) in [5.74, 6) is 0. The Bertz CT molecular complexity index is 147. The van der Waals surface area contributed by atoms with Crippen LogP contribution < -0.4 is 5.32 Å². The topological polar surface area (TPSA) is 30.5 Å².